The zero-order valence-corrected chi connectivity index (χ0v) is 10.3. The van der Waals surface area contributed by atoms with E-state index in [1.807, 2.05) is 0 Å². The molecule has 1 aliphatic carbocycles. The summed E-state index contributed by atoms with van der Waals surface area (Å²) in [5.41, 5.74) is 0. The lowest BCUT2D eigenvalue weighted by Gasteiger charge is -2.23. The van der Waals surface area contributed by atoms with E-state index in [2.05, 4.69) is 15.5 Å². The molecule has 5 nitrogen and oxygen atoms in total. The van der Waals surface area contributed by atoms with E-state index in [9.17, 15) is 4.79 Å². The fourth-order valence-electron chi connectivity index (χ4n) is 2.91. The summed E-state index contributed by atoms with van der Waals surface area (Å²) in [5.74, 6) is 0. The maximum atomic E-state index is 11.4. The average Bonchev–Trinajstić information content (AvgIpc) is 2.95. The molecule has 1 unspecified atom stereocenters. The van der Waals surface area contributed by atoms with E-state index in [0.717, 1.165) is 25.6 Å². The Bertz CT molecular complexity index is 254. The van der Waals surface area contributed by atoms with Crippen molar-refractivity contribution in [1.29, 1.82) is 0 Å². The molecule has 2 fully saturated rings. The molecule has 0 bridgehead atoms. The maximum Gasteiger partial charge on any atom is 0.315 e. The van der Waals surface area contributed by atoms with Gasteiger partial charge in [0.1, 0.15) is 0 Å². The highest BCUT2D eigenvalue weighted by Gasteiger charge is 2.30. The molecule has 0 radical (unpaired) electrons. The first kappa shape index (κ1) is 12.6. The van der Waals surface area contributed by atoms with Crippen molar-refractivity contribution < 1.29 is 9.90 Å². The van der Waals surface area contributed by atoms with E-state index in [-0.39, 0.29) is 18.7 Å². The van der Waals surface area contributed by atoms with Gasteiger partial charge in [0.2, 0.25) is 0 Å². The molecule has 0 spiro atoms. The van der Waals surface area contributed by atoms with E-state index < -0.39 is 0 Å². The van der Waals surface area contributed by atoms with Crippen LogP contribution in [-0.4, -0.2) is 54.4 Å². The van der Waals surface area contributed by atoms with Crippen molar-refractivity contribution >= 4 is 6.03 Å². The number of nitrogens with one attached hydrogen (secondary N) is 2. The summed E-state index contributed by atoms with van der Waals surface area (Å²) in [7, 11) is 0. The van der Waals surface area contributed by atoms with Gasteiger partial charge in [-0.3, -0.25) is 4.90 Å². The molecule has 1 aliphatic heterocycles. The molecule has 2 rings (SSSR count). The van der Waals surface area contributed by atoms with Gasteiger partial charge in [-0.2, -0.15) is 0 Å². The average molecular weight is 241 g/mol. The van der Waals surface area contributed by atoms with E-state index in [0.29, 0.717) is 6.54 Å². The van der Waals surface area contributed by atoms with Crippen LogP contribution >= 0.6 is 0 Å². The van der Waals surface area contributed by atoms with E-state index in [1.165, 1.54) is 25.7 Å². The first-order valence-corrected chi connectivity index (χ1v) is 6.69. The maximum absolute atomic E-state index is 11.4. The van der Waals surface area contributed by atoms with Gasteiger partial charge in [0.05, 0.1) is 6.61 Å². The van der Waals surface area contributed by atoms with Crippen molar-refractivity contribution in [2.45, 2.75) is 44.2 Å². The summed E-state index contributed by atoms with van der Waals surface area (Å²) in [6.07, 6.45) is 6.41. The second-order valence-electron chi connectivity index (χ2n) is 5.04. The monoisotopic (exact) mass is 241 g/mol. The molecular formula is C12H23N3O2. The number of hydrogen-bond donors (Lipinski definition) is 3. The lowest BCUT2D eigenvalue weighted by Crippen LogP contribution is -2.44. The summed E-state index contributed by atoms with van der Waals surface area (Å²) in [4.78, 5) is 14.0. The van der Waals surface area contributed by atoms with Crippen molar-refractivity contribution in [3.05, 3.63) is 0 Å². The molecule has 98 valence electrons. The second-order valence-corrected chi connectivity index (χ2v) is 5.04. The molecular weight excluding hydrogens is 218 g/mol. The number of amides is 2. The van der Waals surface area contributed by atoms with Gasteiger partial charge in [0.25, 0.3) is 0 Å². The van der Waals surface area contributed by atoms with E-state index >= 15 is 0 Å². The van der Waals surface area contributed by atoms with Crippen LogP contribution in [0.25, 0.3) is 0 Å². The molecule has 0 aromatic rings. The van der Waals surface area contributed by atoms with Crippen molar-refractivity contribution in [2.75, 3.05) is 26.2 Å². The Hall–Kier alpha value is -0.810. The normalized spacial score (nSPS) is 26.3. The number of urea groups is 1. The molecule has 1 atom stereocenters. The van der Waals surface area contributed by atoms with Crippen LogP contribution in [0.5, 0.6) is 0 Å². The number of nitrogens with zero attached hydrogens (tertiary/aromatic N) is 1. The third-order valence-corrected chi connectivity index (χ3v) is 3.79. The van der Waals surface area contributed by atoms with Crippen LogP contribution in [0.4, 0.5) is 4.79 Å². The number of aliphatic hydroxyl groups is 1. The van der Waals surface area contributed by atoms with Crippen LogP contribution in [0.3, 0.4) is 0 Å². The number of rotatable bonds is 4. The SMILES string of the molecule is O=C(NCCO)NC1CCN(C2CCCC2)C1. The highest BCUT2D eigenvalue weighted by molar-refractivity contribution is 5.74. The Kier molecular flexibility index (Phi) is 4.62. The molecule has 3 N–H and O–H groups in total. The molecule has 17 heavy (non-hydrogen) atoms. The Balaban J connectivity index is 1.68. The van der Waals surface area contributed by atoms with Gasteiger partial charge in [-0.1, -0.05) is 12.8 Å². The predicted octanol–water partition coefficient (Wildman–Crippen LogP) is 0.295. The first-order valence-electron chi connectivity index (χ1n) is 6.69. The van der Waals surface area contributed by atoms with Crippen molar-refractivity contribution in [1.82, 2.24) is 15.5 Å². The van der Waals surface area contributed by atoms with E-state index in [4.69, 9.17) is 5.11 Å². The van der Waals surface area contributed by atoms with Crippen molar-refractivity contribution in [3.8, 4) is 0 Å². The van der Waals surface area contributed by atoms with Crippen molar-refractivity contribution in [2.24, 2.45) is 0 Å². The van der Waals surface area contributed by atoms with Gasteiger partial charge in [-0.05, 0) is 19.3 Å². The molecule has 2 amide bonds. The molecule has 1 saturated carbocycles. The van der Waals surface area contributed by atoms with Gasteiger partial charge in [-0.25, -0.2) is 4.79 Å². The van der Waals surface area contributed by atoms with Crippen LogP contribution in [0.15, 0.2) is 0 Å². The van der Waals surface area contributed by atoms with Crippen LogP contribution in [-0.2, 0) is 0 Å². The zero-order chi connectivity index (χ0) is 12.1. The number of carbonyl (C=O) groups excluding carboxylic acids is 1. The van der Waals surface area contributed by atoms with Crippen LogP contribution in [0.1, 0.15) is 32.1 Å². The van der Waals surface area contributed by atoms with Crippen LogP contribution < -0.4 is 10.6 Å². The fourth-order valence-corrected chi connectivity index (χ4v) is 2.91. The first-order chi connectivity index (χ1) is 8.29. The third kappa shape index (κ3) is 3.57. The Labute approximate surface area is 103 Å². The Morgan fingerprint density at radius 2 is 2.06 bits per heavy atom. The zero-order valence-electron chi connectivity index (χ0n) is 10.3. The van der Waals surface area contributed by atoms with Crippen LogP contribution in [0, 0.1) is 0 Å². The summed E-state index contributed by atoms with van der Waals surface area (Å²) in [6, 6.07) is 0.869. The minimum absolute atomic E-state index is 0.00765. The lowest BCUT2D eigenvalue weighted by molar-refractivity contribution is 0.224. The van der Waals surface area contributed by atoms with Gasteiger partial charge in [0, 0.05) is 31.7 Å². The second kappa shape index (κ2) is 6.21. The summed E-state index contributed by atoms with van der Waals surface area (Å²) < 4.78 is 0. The largest absolute Gasteiger partial charge is 0.395 e. The topological polar surface area (TPSA) is 64.6 Å². The minimum Gasteiger partial charge on any atom is -0.395 e. The van der Waals surface area contributed by atoms with Gasteiger partial charge in [0.15, 0.2) is 0 Å². The fraction of sp³-hybridized carbons (Fsp3) is 0.917. The summed E-state index contributed by atoms with van der Waals surface area (Å²) in [5, 5.41) is 14.2. The lowest BCUT2D eigenvalue weighted by atomic mass is 10.2. The molecule has 1 heterocycles. The molecule has 0 aromatic heterocycles. The summed E-state index contributed by atoms with van der Waals surface area (Å²) >= 11 is 0. The molecule has 2 aliphatic rings. The van der Waals surface area contributed by atoms with Gasteiger partial charge < -0.3 is 15.7 Å². The smallest absolute Gasteiger partial charge is 0.315 e. The highest BCUT2D eigenvalue weighted by Crippen LogP contribution is 2.26. The molecule has 0 aromatic carbocycles. The molecule has 1 saturated heterocycles. The Morgan fingerprint density at radius 3 is 2.76 bits per heavy atom. The van der Waals surface area contributed by atoms with E-state index in [1.54, 1.807) is 0 Å². The minimum atomic E-state index is -0.155. The predicted molar refractivity (Wildman–Crippen MR) is 65.9 cm³/mol. The molecule has 5 heteroatoms. The number of aliphatic hydroxyl groups excluding tert-OH is 1. The van der Waals surface area contributed by atoms with Gasteiger partial charge >= 0.3 is 6.03 Å². The number of likely N-dealkylation sites (tertiary alicyclic amines) is 1. The summed E-state index contributed by atoms with van der Waals surface area (Å²) in [6.45, 7) is 2.41. The quantitative estimate of drug-likeness (QED) is 0.663. The standard InChI is InChI=1S/C12H23N3O2/c16-8-6-13-12(17)14-10-5-7-15(9-10)11-3-1-2-4-11/h10-11,16H,1-9H2,(H2,13,14,17). The van der Waals surface area contributed by atoms with Gasteiger partial charge in [-0.15, -0.1) is 0 Å². The number of carbonyl (C=O) groups is 1. The third-order valence-electron chi connectivity index (χ3n) is 3.79. The highest BCUT2D eigenvalue weighted by atomic mass is 16.3. The van der Waals surface area contributed by atoms with Crippen LogP contribution in [0.2, 0.25) is 0 Å². The Morgan fingerprint density at radius 1 is 1.29 bits per heavy atom. The van der Waals surface area contributed by atoms with Crippen molar-refractivity contribution in [3.63, 3.8) is 0 Å². The number of hydrogen-bond acceptors (Lipinski definition) is 3.